The minimum atomic E-state index is -0.598. The van der Waals surface area contributed by atoms with Gasteiger partial charge in [0.25, 0.3) is 0 Å². The molecule has 7 nitrogen and oxygen atoms in total. The highest BCUT2D eigenvalue weighted by molar-refractivity contribution is 7.13. The highest BCUT2D eigenvalue weighted by Gasteiger charge is 2.27. The number of nitrogens with one attached hydrogen (secondary N) is 2. The van der Waals surface area contributed by atoms with Gasteiger partial charge in [-0.1, -0.05) is 0 Å². The maximum Gasteiger partial charge on any atom is 0.229 e. The predicted molar refractivity (Wildman–Crippen MR) is 133 cm³/mol. The molecule has 1 fully saturated rings. The van der Waals surface area contributed by atoms with Crippen molar-refractivity contribution in [2.75, 3.05) is 48.3 Å². The van der Waals surface area contributed by atoms with E-state index < -0.39 is 5.82 Å². The van der Waals surface area contributed by atoms with Crippen LogP contribution in [0.1, 0.15) is 38.3 Å². The molecule has 4 heterocycles. The Morgan fingerprint density at radius 1 is 1.12 bits per heavy atom. The van der Waals surface area contributed by atoms with Gasteiger partial charge in [-0.15, -0.1) is 11.3 Å². The Kier molecular flexibility index (Phi) is 6.35. The van der Waals surface area contributed by atoms with Crippen LogP contribution in [0.25, 0.3) is 11.3 Å². The molecule has 0 bridgehead atoms. The summed E-state index contributed by atoms with van der Waals surface area (Å²) in [5.41, 5.74) is 2.79. The van der Waals surface area contributed by atoms with E-state index in [0.717, 1.165) is 56.6 Å². The zero-order chi connectivity index (χ0) is 23.8. The summed E-state index contributed by atoms with van der Waals surface area (Å²) >= 11 is 1.48. The first kappa shape index (κ1) is 22.9. The van der Waals surface area contributed by atoms with E-state index in [2.05, 4.69) is 44.7 Å². The highest BCUT2D eigenvalue weighted by Crippen LogP contribution is 2.40. The van der Waals surface area contributed by atoms with Gasteiger partial charge in [0.2, 0.25) is 5.95 Å². The van der Waals surface area contributed by atoms with Crippen molar-refractivity contribution >= 4 is 33.8 Å². The summed E-state index contributed by atoms with van der Waals surface area (Å²) in [6, 6.07) is 3.36. The second kappa shape index (κ2) is 9.42. The lowest BCUT2D eigenvalue weighted by molar-refractivity contribution is 0.455. The van der Waals surface area contributed by atoms with E-state index in [4.69, 9.17) is 4.98 Å². The fourth-order valence-corrected chi connectivity index (χ4v) is 5.50. The van der Waals surface area contributed by atoms with Crippen molar-refractivity contribution < 1.29 is 8.78 Å². The van der Waals surface area contributed by atoms with Crippen molar-refractivity contribution in [3.63, 3.8) is 0 Å². The molecule has 1 aromatic carbocycles. The third kappa shape index (κ3) is 4.44. The lowest BCUT2D eigenvalue weighted by Gasteiger charge is -2.39. The molecule has 0 saturated carbocycles. The van der Waals surface area contributed by atoms with Gasteiger partial charge < -0.3 is 20.4 Å². The fourth-order valence-electron chi connectivity index (χ4n) is 4.72. The summed E-state index contributed by atoms with van der Waals surface area (Å²) in [5, 5.41) is 9.18. The number of halogens is 2. The van der Waals surface area contributed by atoms with Crippen molar-refractivity contribution in [1.29, 1.82) is 0 Å². The standard InChI is InChI=1S/C24H29F2N7S/c1-14(2)33-9-8-32(3)22-17(25)10-16(11-20(22)33)21-18(26)12-28-23(30-21)31-24-29-19(13-34-24)15-4-6-27-7-5-15/h10-15,27H,4-9H2,1-3H3,(H,28,29,30,31). The molecule has 2 aliphatic rings. The molecule has 0 radical (unpaired) electrons. The molecule has 3 aromatic rings. The molecule has 0 amide bonds. The number of likely N-dealkylation sites (N-methyl/N-ethyl adjacent to an activating group) is 1. The average molecular weight is 486 g/mol. The van der Waals surface area contributed by atoms with Crippen LogP contribution >= 0.6 is 11.3 Å². The maximum atomic E-state index is 15.2. The maximum absolute atomic E-state index is 15.2. The van der Waals surface area contributed by atoms with Crippen LogP contribution in [0.5, 0.6) is 0 Å². The number of benzene rings is 1. The van der Waals surface area contributed by atoms with Crippen molar-refractivity contribution in [2.24, 2.45) is 0 Å². The fraction of sp³-hybridized carbons (Fsp3) is 0.458. The van der Waals surface area contributed by atoms with E-state index in [1.807, 2.05) is 18.0 Å². The third-order valence-electron chi connectivity index (χ3n) is 6.55. The van der Waals surface area contributed by atoms with E-state index in [1.54, 1.807) is 0 Å². The van der Waals surface area contributed by atoms with E-state index in [0.29, 0.717) is 22.3 Å². The second-order valence-corrected chi connectivity index (χ2v) is 10.0. The molecular weight excluding hydrogens is 456 g/mol. The molecule has 0 atom stereocenters. The Hall–Kier alpha value is -2.85. The molecular formula is C24H29F2N7S. The zero-order valence-electron chi connectivity index (χ0n) is 19.6. The van der Waals surface area contributed by atoms with E-state index in [9.17, 15) is 4.39 Å². The number of fused-ring (bicyclic) bond motifs is 1. The number of thiazole rings is 1. The van der Waals surface area contributed by atoms with Gasteiger partial charge in [-0.05, 0) is 51.9 Å². The number of piperidine rings is 1. The predicted octanol–water partition coefficient (Wildman–Crippen LogP) is 4.75. The molecule has 180 valence electrons. The van der Waals surface area contributed by atoms with Crippen molar-refractivity contribution in [1.82, 2.24) is 20.3 Å². The smallest absolute Gasteiger partial charge is 0.229 e. The number of anilines is 4. The van der Waals surface area contributed by atoms with Crippen molar-refractivity contribution in [3.8, 4) is 11.3 Å². The van der Waals surface area contributed by atoms with Crippen molar-refractivity contribution in [3.05, 3.63) is 41.0 Å². The van der Waals surface area contributed by atoms with Gasteiger partial charge in [0.15, 0.2) is 10.9 Å². The summed E-state index contributed by atoms with van der Waals surface area (Å²) in [5.74, 6) is -0.309. The molecule has 0 aliphatic carbocycles. The molecule has 2 N–H and O–H groups in total. The average Bonchev–Trinajstić information content (AvgIpc) is 3.29. The Morgan fingerprint density at radius 2 is 1.91 bits per heavy atom. The summed E-state index contributed by atoms with van der Waals surface area (Å²) in [7, 11) is 1.87. The number of hydrogen-bond acceptors (Lipinski definition) is 8. The molecule has 2 aromatic heterocycles. The van der Waals surface area contributed by atoms with Crippen molar-refractivity contribution in [2.45, 2.75) is 38.6 Å². The topological polar surface area (TPSA) is 69.2 Å². The van der Waals surface area contributed by atoms with Gasteiger partial charge >= 0.3 is 0 Å². The number of rotatable bonds is 5. The van der Waals surface area contributed by atoms with E-state index in [-0.39, 0.29) is 23.5 Å². The molecule has 1 saturated heterocycles. The van der Waals surface area contributed by atoms with E-state index in [1.165, 1.54) is 17.4 Å². The Balaban J connectivity index is 1.45. The van der Waals surface area contributed by atoms with Crippen LogP contribution in [0, 0.1) is 11.6 Å². The van der Waals surface area contributed by atoms with E-state index >= 15 is 4.39 Å². The number of hydrogen-bond donors (Lipinski definition) is 2. The highest BCUT2D eigenvalue weighted by atomic mass is 32.1. The Bertz CT molecular complexity index is 1180. The minimum Gasteiger partial charge on any atom is -0.369 e. The minimum absolute atomic E-state index is 0.0614. The SMILES string of the molecule is CC(C)N1CCN(C)c2c(F)cc(-c3nc(Nc4nc(C5CCNCC5)cs4)ncc3F)cc21. The largest absolute Gasteiger partial charge is 0.369 e. The third-order valence-corrected chi connectivity index (χ3v) is 7.33. The summed E-state index contributed by atoms with van der Waals surface area (Å²) in [4.78, 5) is 17.2. The Labute approximate surface area is 202 Å². The number of nitrogens with zero attached hydrogens (tertiary/aromatic N) is 5. The first-order chi connectivity index (χ1) is 16.4. The molecule has 2 aliphatic heterocycles. The summed E-state index contributed by atoms with van der Waals surface area (Å²) < 4.78 is 30.0. The van der Waals surface area contributed by atoms with Gasteiger partial charge in [-0.3, -0.25) is 0 Å². The summed E-state index contributed by atoms with van der Waals surface area (Å²) in [6.07, 6.45) is 3.25. The van der Waals surface area contributed by atoms with Gasteiger partial charge in [0, 0.05) is 43.0 Å². The first-order valence-electron chi connectivity index (χ1n) is 11.7. The summed E-state index contributed by atoms with van der Waals surface area (Å²) in [6.45, 7) is 7.63. The van der Waals surface area contributed by atoms with Crippen LogP contribution in [-0.4, -0.2) is 54.2 Å². The zero-order valence-corrected chi connectivity index (χ0v) is 20.4. The monoisotopic (exact) mass is 485 g/mol. The second-order valence-electron chi connectivity index (χ2n) is 9.15. The van der Waals surface area contributed by atoms with Gasteiger partial charge in [-0.25, -0.2) is 23.7 Å². The molecule has 5 rings (SSSR count). The van der Waals surface area contributed by atoms with Gasteiger partial charge in [0.1, 0.15) is 11.5 Å². The van der Waals surface area contributed by atoms with Crippen LogP contribution in [0.2, 0.25) is 0 Å². The lowest BCUT2D eigenvalue weighted by atomic mass is 9.96. The van der Waals surface area contributed by atoms with Gasteiger partial charge in [-0.2, -0.15) is 0 Å². The van der Waals surface area contributed by atoms with Crippen LogP contribution in [0.3, 0.4) is 0 Å². The molecule has 0 spiro atoms. The Morgan fingerprint density at radius 3 is 2.68 bits per heavy atom. The quantitative estimate of drug-likeness (QED) is 0.540. The molecule has 0 unspecified atom stereocenters. The van der Waals surface area contributed by atoms with Gasteiger partial charge in [0.05, 0.1) is 23.3 Å². The van der Waals surface area contributed by atoms with Crippen LogP contribution < -0.4 is 20.4 Å². The number of aromatic nitrogens is 3. The van der Waals surface area contributed by atoms with Crippen LogP contribution in [0.4, 0.5) is 31.2 Å². The van der Waals surface area contributed by atoms with Crippen LogP contribution in [-0.2, 0) is 0 Å². The first-order valence-corrected chi connectivity index (χ1v) is 12.6. The van der Waals surface area contributed by atoms with Crippen LogP contribution in [0.15, 0.2) is 23.7 Å². The molecule has 34 heavy (non-hydrogen) atoms. The molecule has 10 heteroatoms. The lowest BCUT2D eigenvalue weighted by Crippen LogP contribution is -2.43. The normalized spacial score (nSPS) is 16.8.